The maximum atomic E-state index is 6.71. The highest BCUT2D eigenvalue weighted by molar-refractivity contribution is 6.19. The van der Waals surface area contributed by atoms with Crippen LogP contribution >= 0.6 is 0 Å². The van der Waals surface area contributed by atoms with Gasteiger partial charge in [0.1, 0.15) is 22.3 Å². The molecule has 11 rings (SSSR count). The van der Waals surface area contributed by atoms with Crippen molar-refractivity contribution in [3.63, 3.8) is 0 Å². The molecule has 0 aliphatic heterocycles. The number of aromatic nitrogens is 3. The van der Waals surface area contributed by atoms with Crippen molar-refractivity contribution in [3.8, 4) is 67.3 Å². The maximum absolute atomic E-state index is 6.71. The summed E-state index contributed by atoms with van der Waals surface area (Å²) >= 11 is 0. The SMILES string of the molecule is c1ccc(-c2nc(-c3ccc(-c4ccc(-c5cccc6c5oc5ccccc56)c5c4oc4ccccc45)cc3)cc(-c3ccccc3-c3cccnc3)n2)cc1. The Balaban J connectivity index is 1.05. The predicted octanol–water partition coefficient (Wildman–Crippen LogP) is 13.7. The molecule has 0 radical (unpaired) electrons. The predicted molar refractivity (Wildman–Crippen MR) is 227 cm³/mol. The van der Waals surface area contributed by atoms with Crippen LogP contribution in [0.3, 0.4) is 0 Å². The van der Waals surface area contributed by atoms with E-state index in [9.17, 15) is 0 Å². The van der Waals surface area contributed by atoms with Gasteiger partial charge in [0.15, 0.2) is 5.82 Å². The van der Waals surface area contributed by atoms with Gasteiger partial charge in [0, 0.05) is 67.3 Å². The van der Waals surface area contributed by atoms with E-state index in [1.54, 1.807) is 6.20 Å². The van der Waals surface area contributed by atoms with Crippen molar-refractivity contribution in [2.24, 2.45) is 0 Å². The highest BCUT2D eigenvalue weighted by Gasteiger charge is 2.21. The first-order valence-electron chi connectivity index (χ1n) is 18.7. The first-order chi connectivity index (χ1) is 27.8. The highest BCUT2D eigenvalue weighted by atomic mass is 16.3. The number of rotatable bonds is 6. The van der Waals surface area contributed by atoms with Crippen LogP contribution < -0.4 is 0 Å². The fourth-order valence-corrected chi connectivity index (χ4v) is 7.99. The van der Waals surface area contributed by atoms with Crippen LogP contribution in [0.5, 0.6) is 0 Å². The lowest BCUT2D eigenvalue weighted by atomic mass is 9.93. The Labute approximate surface area is 322 Å². The van der Waals surface area contributed by atoms with Gasteiger partial charge in [-0.1, -0.05) is 146 Å². The van der Waals surface area contributed by atoms with Crippen molar-refractivity contribution in [2.45, 2.75) is 0 Å². The van der Waals surface area contributed by atoms with Crippen molar-refractivity contribution in [2.75, 3.05) is 0 Å². The number of nitrogens with zero attached hydrogens (tertiary/aromatic N) is 3. The topological polar surface area (TPSA) is 65.0 Å². The summed E-state index contributed by atoms with van der Waals surface area (Å²) in [5.41, 5.74) is 14.4. The molecule has 4 heterocycles. The van der Waals surface area contributed by atoms with E-state index in [2.05, 4.69) is 132 Å². The third-order valence-electron chi connectivity index (χ3n) is 10.6. The minimum Gasteiger partial charge on any atom is -0.455 e. The Kier molecular flexibility index (Phi) is 7.42. The standard InChI is InChI=1S/C51H31N3O2/c1-2-12-34(13-3-1)51-53-44(30-45(54-51)38-16-5-4-15-36(38)35-14-11-29-52-31-35)33-25-23-32(24-26-33)37-27-28-40(48-43-18-7-9-22-47(43)56-50(37)48)42-20-10-19-41-39-17-6-8-21-46(39)55-49(41)42/h1-31H. The molecule has 0 amide bonds. The van der Waals surface area contributed by atoms with Gasteiger partial charge < -0.3 is 8.83 Å². The Morgan fingerprint density at radius 1 is 0.357 bits per heavy atom. The third-order valence-corrected chi connectivity index (χ3v) is 10.6. The van der Waals surface area contributed by atoms with Gasteiger partial charge in [0.2, 0.25) is 0 Å². The largest absolute Gasteiger partial charge is 0.455 e. The molecule has 7 aromatic carbocycles. The average Bonchev–Trinajstić information content (AvgIpc) is 3.86. The van der Waals surface area contributed by atoms with E-state index in [-0.39, 0.29) is 0 Å². The first-order valence-corrected chi connectivity index (χ1v) is 18.7. The van der Waals surface area contributed by atoms with Gasteiger partial charge >= 0.3 is 0 Å². The molecule has 5 nitrogen and oxygen atoms in total. The van der Waals surface area contributed by atoms with Crippen LogP contribution in [0.25, 0.3) is 111 Å². The van der Waals surface area contributed by atoms with E-state index < -0.39 is 0 Å². The van der Waals surface area contributed by atoms with E-state index in [0.29, 0.717) is 5.82 Å². The molecule has 4 aromatic heterocycles. The molecule has 5 heteroatoms. The maximum Gasteiger partial charge on any atom is 0.160 e. The molecule has 0 aliphatic carbocycles. The van der Waals surface area contributed by atoms with Crippen molar-refractivity contribution in [1.29, 1.82) is 0 Å². The highest BCUT2D eigenvalue weighted by Crippen LogP contribution is 2.45. The molecule has 0 saturated heterocycles. The van der Waals surface area contributed by atoms with E-state index >= 15 is 0 Å². The third kappa shape index (κ3) is 5.29. The molecule has 56 heavy (non-hydrogen) atoms. The van der Waals surface area contributed by atoms with E-state index in [1.807, 2.05) is 54.7 Å². The van der Waals surface area contributed by atoms with Crippen molar-refractivity contribution < 1.29 is 8.83 Å². The lowest BCUT2D eigenvalue weighted by Gasteiger charge is -2.13. The van der Waals surface area contributed by atoms with Crippen molar-refractivity contribution in [1.82, 2.24) is 15.0 Å². The van der Waals surface area contributed by atoms with Gasteiger partial charge in [-0.2, -0.15) is 0 Å². The quantitative estimate of drug-likeness (QED) is 0.171. The van der Waals surface area contributed by atoms with Crippen LogP contribution in [0, 0.1) is 0 Å². The average molecular weight is 718 g/mol. The zero-order valence-corrected chi connectivity index (χ0v) is 30.1. The molecule has 11 aromatic rings. The summed E-state index contributed by atoms with van der Waals surface area (Å²) in [6, 6.07) is 60.4. The van der Waals surface area contributed by atoms with Gasteiger partial charge in [-0.05, 0) is 47.0 Å². The monoisotopic (exact) mass is 717 g/mol. The summed E-state index contributed by atoms with van der Waals surface area (Å²) in [6.07, 6.45) is 3.69. The molecule has 0 unspecified atom stereocenters. The van der Waals surface area contributed by atoms with Crippen molar-refractivity contribution >= 4 is 43.9 Å². The molecular formula is C51H31N3O2. The molecule has 0 bridgehead atoms. The van der Waals surface area contributed by atoms with E-state index in [4.69, 9.17) is 18.8 Å². The Morgan fingerprint density at radius 3 is 1.80 bits per heavy atom. The number of hydrogen-bond acceptors (Lipinski definition) is 5. The lowest BCUT2D eigenvalue weighted by molar-refractivity contribution is 0.669. The fourth-order valence-electron chi connectivity index (χ4n) is 7.99. The Hall–Kier alpha value is -7.63. The van der Waals surface area contributed by atoms with Crippen LogP contribution in [-0.4, -0.2) is 15.0 Å². The lowest BCUT2D eigenvalue weighted by Crippen LogP contribution is -1.97. The second kappa shape index (κ2) is 13.0. The molecule has 262 valence electrons. The minimum absolute atomic E-state index is 0.669. The Morgan fingerprint density at radius 2 is 0.982 bits per heavy atom. The minimum atomic E-state index is 0.669. The second-order valence-corrected chi connectivity index (χ2v) is 13.9. The normalized spacial score (nSPS) is 11.6. The molecule has 0 spiro atoms. The molecule has 0 fully saturated rings. The summed E-state index contributed by atoms with van der Waals surface area (Å²) in [5, 5.41) is 4.34. The Bertz CT molecular complexity index is 3240. The summed E-state index contributed by atoms with van der Waals surface area (Å²) in [6.45, 7) is 0. The van der Waals surface area contributed by atoms with Crippen molar-refractivity contribution in [3.05, 3.63) is 188 Å². The first kappa shape index (κ1) is 31.9. The van der Waals surface area contributed by atoms with Crippen LogP contribution in [0.4, 0.5) is 0 Å². The second-order valence-electron chi connectivity index (χ2n) is 13.9. The number of furan rings is 2. The van der Waals surface area contributed by atoms with Gasteiger partial charge in [-0.3, -0.25) is 4.98 Å². The number of para-hydroxylation sites is 3. The number of fused-ring (bicyclic) bond motifs is 6. The van der Waals surface area contributed by atoms with Crippen LogP contribution in [-0.2, 0) is 0 Å². The number of benzene rings is 7. The van der Waals surface area contributed by atoms with E-state index in [0.717, 1.165) is 105 Å². The van der Waals surface area contributed by atoms with Crippen LogP contribution in [0.2, 0.25) is 0 Å². The molecular weight excluding hydrogens is 687 g/mol. The summed E-state index contributed by atoms with van der Waals surface area (Å²) in [5.74, 6) is 0.669. The number of hydrogen-bond donors (Lipinski definition) is 0. The zero-order chi connectivity index (χ0) is 37.0. The van der Waals surface area contributed by atoms with Gasteiger partial charge in [0.25, 0.3) is 0 Å². The van der Waals surface area contributed by atoms with E-state index in [1.165, 1.54) is 0 Å². The van der Waals surface area contributed by atoms with Crippen LogP contribution in [0.15, 0.2) is 197 Å². The number of pyridine rings is 1. The van der Waals surface area contributed by atoms with Gasteiger partial charge in [-0.25, -0.2) is 9.97 Å². The van der Waals surface area contributed by atoms with Crippen LogP contribution in [0.1, 0.15) is 0 Å². The molecule has 0 N–H and O–H groups in total. The van der Waals surface area contributed by atoms with Gasteiger partial charge in [0.05, 0.1) is 11.4 Å². The summed E-state index contributed by atoms with van der Waals surface area (Å²) < 4.78 is 13.2. The summed E-state index contributed by atoms with van der Waals surface area (Å²) in [4.78, 5) is 14.6. The molecule has 0 aliphatic rings. The molecule has 0 saturated carbocycles. The molecule has 0 atom stereocenters. The van der Waals surface area contributed by atoms with Gasteiger partial charge in [-0.15, -0.1) is 0 Å². The fraction of sp³-hybridized carbons (Fsp3) is 0. The summed E-state index contributed by atoms with van der Waals surface area (Å²) in [7, 11) is 0. The zero-order valence-electron chi connectivity index (χ0n) is 30.1. The smallest absolute Gasteiger partial charge is 0.160 e.